The second-order valence-electron chi connectivity index (χ2n) is 11.4. The lowest BCUT2D eigenvalue weighted by atomic mass is 9.73. The summed E-state index contributed by atoms with van der Waals surface area (Å²) in [5.74, 6) is -3.71. The van der Waals surface area contributed by atoms with Gasteiger partial charge in [0.1, 0.15) is 17.4 Å². The lowest BCUT2D eigenvalue weighted by Crippen LogP contribution is -2.23. The topological polar surface area (TPSA) is 9.23 Å². The molecule has 0 aliphatic heterocycles. The minimum atomic E-state index is -4.76. The van der Waals surface area contributed by atoms with Gasteiger partial charge < -0.3 is 4.74 Å². The Morgan fingerprint density at radius 1 is 0.780 bits per heavy atom. The average molecular weight is 579 g/mol. The summed E-state index contributed by atoms with van der Waals surface area (Å²) in [7, 11) is 0. The molecule has 220 valence electrons. The van der Waals surface area contributed by atoms with E-state index in [0.29, 0.717) is 56.9 Å². The highest BCUT2D eigenvalue weighted by molar-refractivity contribution is 5.41. The van der Waals surface area contributed by atoms with Crippen molar-refractivity contribution < 1.29 is 35.5 Å². The summed E-state index contributed by atoms with van der Waals surface area (Å²) >= 11 is 0. The molecule has 3 aromatic rings. The summed E-state index contributed by atoms with van der Waals surface area (Å²) in [5.41, 5.74) is 2.55. The van der Waals surface area contributed by atoms with Crippen LogP contribution in [0, 0.1) is 29.2 Å². The largest absolute Gasteiger partial charge is 0.573 e. The SMILES string of the molecule is CCc1ccc(CCC2CCc3c(F)c(C4CCC(c5ccc(OC(F)(F)F)cc5)CC4)c(F)c(F)c3C2)c(F)c1. The average Bonchev–Trinajstić information content (AvgIpc) is 2.95. The Morgan fingerprint density at radius 3 is 2.10 bits per heavy atom. The van der Waals surface area contributed by atoms with Crippen LogP contribution in [0.3, 0.4) is 0 Å². The summed E-state index contributed by atoms with van der Waals surface area (Å²) in [5, 5.41) is 0. The summed E-state index contributed by atoms with van der Waals surface area (Å²) < 4.78 is 102. The van der Waals surface area contributed by atoms with E-state index in [1.807, 2.05) is 13.0 Å². The minimum Gasteiger partial charge on any atom is -0.406 e. The van der Waals surface area contributed by atoms with Crippen LogP contribution in [0.25, 0.3) is 0 Å². The van der Waals surface area contributed by atoms with E-state index in [4.69, 9.17) is 0 Å². The third-order valence-electron chi connectivity index (χ3n) is 8.92. The second-order valence-corrected chi connectivity index (χ2v) is 11.4. The fourth-order valence-corrected chi connectivity index (χ4v) is 6.62. The molecule has 2 aliphatic carbocycles. The van der Waals surface area contributed by atoms with Crippen molar-refractivity contribution in [2.24, 2.45) is 5.92 Å². The number of aryl methyl sites for hydroxylation is 2. The van der Waals surface area contributed by atoms with Crippen molar-refractivity contribution in [2.75, 3.05) is 0 Å². The van der Waals surface area contributed by atoms with Crippen molar-refractivity contribution in [1.29, 1.82) is 0 Å². The number of ether oxygens (including phenoxy) is 1. The smallest absolute Gasteiger partial charge is 0.406 e. The van der Waals surface area contributed by atoms with Gasteiger partial charge in [0.15, 0.2) is 11.6 Å². The van der Waals surface area contributed by atoms with Gasteiger partial charge in [-0.3, -0.25) is 0 Å². The first kappa shape index (κ1) is 29.5. The Morgan fingerprint density at radius 2 is 1.46 bits per heavy atom. The second kappa shape index (κ2) is 12.1. The summed E-state index contributed by atoms with van der Waals surface area (Å²) in [6.07, 6.45) is 0.308. The maximum atomic E-state index is 15.7. The molecule has 0 N–H and O–H groups in total. The molecule has 0 bridgehead atoms. The maximum Gasteiger partial charge on any atom is 0.573 e. The Bertz CT molecular complexity index is 1370. The Kier molecular flexibility index (Phi) is 8.67. The lowest BCUT2D eigenvalue weighted by Gasteiger charge is -2.32. The van der Waals surface area contributed by atoms with Crippen molar-refractivity contribution in [3.05, 3.63) is 99.1 Å². The van der Waals surface area contributed by atoms with Crippen LogP contribution >= 0.6 is 0 Å². The number of fused-ring (bicyclic) bond motifs is 1. The van der Waals surface area contributed by atoms with Gasteiger partial charge in [-0.2, -0.15) is 0 Å². The van der Waals surface area contributed by atoms with E-state index >= 15 is 13.2 Å². The van der Waals surface area contributed by atoms with E-state index in [0.717, 1.165) is 17.5 Å². The van der Waals surface area contributed by atoms with E-state index in [1.54, 1.807) is 18.2 Å². The zero-order valence-corrected chi connectivity index (χ0v) is 22.9. The van der Waals surface area contributed by atoms with E-state index in [9.17, 15) is 17.6 Å². The molecular weight excluding hydrogens is 545 g/mol. The van der Waals surface area contributed by atoms with E-state index in [2.05, 4.69) is 4.74 Å². The molecule has 3 aromatic carbocycles. The number of alkyl halides is 3. The number of benzene rings is 3. The number of rotatable bonds is 7. The molecule has 2 aliphatic rings. The Hall–Kier alpha value is -3.03. The quantitative estimate of drug-likeness (QED) is 0.200. The van der Waals surface area contributed by atoms with Gasteiger partial charge in [0, 0.05) is 5.56 Å². The highest BCUT2D eigenvalue weighted by atomic mass is 19.4. The molecule has 0 spiro atoms. The van der Waals surface area contributed by atoms with Crippen LogP contribution in [0.4, 0.5) is 30.7 Å². The molecule has 0 heterocycles. The Balaban J connectivity index is 1.24. The first-order valence-electron chi connectivity index (χ1n) is 14.3. The molecule has 1 fully saturated rings. The molecule has 41 heavy (non-hydrogen) atoms. The summed E-state index contributed by atoms with van der Waals surface area (Å²) in [6, 6.07) is 10.9. The monoisotopic (exact) mass is 578 g/mol. The molecule has 0 aromatic heterocycles. The minimum absolute atomic E-state index is 0.00950. The van der Waals surface area contributed by atoms with Crippen molar-refractivity contribution >= 4 is 0 Å². The van der Waals surface area contributed by atoms with E-state index in [1.165, 1.54) is 18.2 Å². The molecule has 1 saturated carbocycles. The summed E-state index contributed by atoms with van der Waals surface area (Å²) in [4.78, 5) is 0. The van der Waals surface area contributed by atoms with E-state index in [-0.39, 0.29) is 46.5 Å². The maximum absolute atomic E-state index is 15.7. The van der Waals surface area contributed by atoms with Crippen LogP contribution in [0.1, 0.15) is 90.7 Å². The van der Waals surface area contributed by atoms with Crippen LogP contribution in [0.15, 0.2) is 42.5 Å². The van der Waals surface area contributed by atoms with Gasteiger partial charge >= 0.3 is 6.36 Å². The van der Waals surface area contributed by atoms with Crippen LogP contribution in [-0.2, 0) is 25.7 Å². The zero-order valence-electron chi connectivity index (χ0n) is 22.9. The molecule has 1 atom stereocenters. The number of hydrogen-bond acceptors (Lipinski definition) is 1. The third kappa shape index (κ3) is 6.57. The Labute approximate surface area is 235 Å². The van der Waals surface area contributed by atoms with Gasteiger partial charge in [-0.1, -0.05) is 31.2 Å². The number of halogens is 7. The molecule has 1 unspecified atom stereocenters. The molecule has 0 saturated heterocycles. The van der Waals surface area contributed by atoms with Crippen molar-refractivity contribution in [3.63, 3.8) is 0 Å². The molecular formula is C33H33F7O. The molecule has 0 amide bonds. The highest BCUT2D eigenvalue weighted by Crippen LogP contribution is 2.45. The third-order valence-corrected chi connectivity index (χ3v) is 8.92. The molecule has 0 radical (unpaired) electrons. The van der Waals surface area contributed by atoms with Gasteiger partial charge in [-0.25, -0.2) is 17.6 Å². The van der Waals surface area contributed by atoms with Crippen LogP contribution in [0.5, 0.6) is 5.75 Å². The predicted molar refractivity (Wildman–Crippen MR) is 143 cm³/mol. The molecule has 8 heteroatoms. The van der Waals surface area contributed by atoms with Crippen LogP contribution in [0.2, 0.25) is 0 Å². The summed E-state index contributed by atoms with van der Waals surface area (Å²) in [6.45, 7) is 1.96. The van der Waals surface area contributed by atoms with Gasteiger partial charge in [0.25, 0.3) is 0 Å². The normalized spacial score (nSPS) is 21.0. The molecule has 1 nitrogen and oxygen atoms in total. The van der Waals surface area contributed by atoms with Gasteiger partial charge in [-0.15, -0.1) is 13.2 Å². The standard InChI is InChI=1S/C33H33F7O/c1-2-19-3-6-23(28(34)18-19)7-4-20-5-16-26-27(17-20)31(36)32(37)29(30(26)35)24-10-8-21(9-11-24)22-12-14-25(15-13-22)41-33(38,39)40/h3,6,12-15,18,20-21,24H,2,4-5,7-11,16-17H2,1H3. The fourth-order valence-electron chi connectivity index (χ4n) is 6.62. The van der Waals surface area contributed by atoms with Crippen molar-refractivity contribution in [2.45, 2.75) is 89.3 Å². The first-order valence-corrected chi connectivity index (χ1v) is 14.3. The lowest BCUT2D eigenvalue weighted by molar-refractivity contribution is -0.274. The fraction of sp³-hybridized carbons (Fsp3) is 0.455. The van der Waals surface area contributed by atoms with Crippen molar-refractivity contribution in [3.8, 4) is 5.75 Å². The van der Waals surface area contributed by atoms with Gasteiger partial charge in [0.2, 0.25) is 0 Å². The van der Waals surface area contributed by atoms with Gasteiger partial charge in [-0.05, 0) is 128 Å². The predicted octanol–water partition coefficient (Wildman–Crippen LogP) is 9.88. The highest BCUT2D eigenvalue weighted by Gasteiger charge is 2.35. The van der Waals surface area contributed by atoms with Crippen LogP contribution < -0.4 is 4.74 Å². The van der Waals surface area contributed by atoms with Gasteiger partial charge in [0.05, 0.1) is 0 Å². The van der Waals surface area contributed by atoms with Crippen LogP contribution in [-0.4, -0.2) is 6.36 Å². The number of hydrogen-bond donors (Lipinski definition) is 0. The molecule has 5 rings (SSSR count). The zero-order chi connectivity index (χ0) is 29.3. The van der Waals surface area contributed by atoms with Crippen molar-refractivity contribution in [1.82, 2.24) is 0 Å². The van der Waals surface area contributed by atoms with E-state index < -0.39 is 29.7 Å². The first-order chi connectivity index (χ1) is 19.5.